The number of aliphatic imine (C=N–C) groups is 1. The first kappa shape index (κ1) is 15.4. The van der Waals surface area contributed by atoms with Crippen LogP contribution in [-0.4, -0.2) is 24.2 Å². The highest BCUT2D eigenvalue weighted by atomic mass is 32.2. The summed E-state index contributed by atoms with van der Waals surface area (Å²) in [4.78, 5) is 17.3. The average Bonchev–Trinajstić information content (AvgIpc) is 3.08. The Morgan fingerprint density at radius 3 is 3.00 bits per heavy atom. The van der Waals surface area contributed by atoms with E-state index in [0.29, 0.717) is 28.5 Å². The SMILES string of the molecule is COCc1ccc(/C=C2\SC(=NC3CCCCC3)NC2=O)o1. The number of thioether (sulfide) groups is 1. The van der Waals surface area contributed by atoms with E-state index >= 15 is 0 Å². The number of furan rings is 1. The smallest absolute Gasteiger partial charge is 0.264 e. The molecule has 0 radical (unpaired) electrons. The third-order valence-corrected chi connectivity index (χ3v) is 4.69. The molecule has 0 unspecified atom stereocenters. The first-order chi connectivity index (χ1) is 10.7. The van der Waals surface area contributed by atoms with E-state index in [9.17, 15) is 4.79 Å². The summed E-state index contributed by atoms with van der Waals surface area (Å²) in [6.07, 6.45) is 7.76. The standard InChI is InChI=1S/C16H20N2O3S/c1-20-10-13-8-7-12(21-13)9-14-15(19)18-16(22-14)17-11-5-3-2-4-6-11/h7-9,11H,2-6,10H2,1H3,(H,17,18,19)/b14-9-. The van der Waals surface area contributed by atoms with Gasteiger partial charge in [-0.25, -0.2) is 0 Å². The summed E-state index contributed by atoms with van der Waals surface area (Å²) in [7, 11) is 1.62. The third-order valence-electron chi connectivity index (χ3n) is 3.77. The zero-order chi connectivity index (χ0) is 15.4. The van der Waals surface area contributed by atoms with Gasteiger partial charge in [0.05, 0.1) is 10.9 Å². The molecule has 1 aromatic rings. The molecule has 1 aliphatic carbocycles. The van der Waals surface area contributed by atoms with E-state index in [1.165, 1.54) is 31.0 Å². The molecule has 1 aliphatic heterocycles. The minimum absolute atomic E-state index is 0.107. The van der Waals surface area contributed by atoms with E-state index in [2.05, 4.69) is 10.3 Å². The molecule has 6 heteroatoms. The molecule has 1 saturated carbocycles. The fourth-order valence-electron chi connectivity index (χ4n) is 2.69. The summed E-state index contributed by atoms with van der Waals surface area (Å²) in [6.45, 7) is 0.427. The Hall–Kier alpha value is -1.53. The number of carbonyl (C=O) groups is 1. The minimum atomic E-state index is -0.107. The number of ether oxygens (including phenoxy) is 1. The lowest BCUT2D eigenvalue weighted by Crippen LogP contribution is -2.22. The van der Waals surface area contributed by atoms with Crippen molar-refractivity contribution in [3.8, 4) is 0 Å². The van der Waals surface area contributed by atoms with Crippen molar-refractivity contribution in [2.24, 2.45) is 4.99 Å². The number of hydrogen-bond donors (Lipinski definition) is 1. The van der Waals surface area contributed by atoms with Crippen molar-refractivity contribution >= 4 is 28.9 Å². The highest BCUT2D eigenvalue weighted by Crippen LogP contribution is 2.29. The first-order valence-electron chi connectivity index (χ1n) is 7.61. The lowest BCUT2D eigenvalue weighted by Gasteiger charge is -2.17. The van der Waals surface area contributed by atoms with Crippen molar-refractivity contribution in [2.75, 3.05) is 7.11 Å². The number of nitrogens with zero attached hydrogens (tertiary/aromatic N) is 1. The van der Waals surface area contributed by atoms with Gasteiger partial charge in [-0.05, 0) is 36.7 Å². The molecule has 5 nitrogen and oxygen atoms in total. The number of nitrogens with one attached hydrogen (secondary N) is 1. The summed E-state index contributed by atoms with van der Waals surface area (Å²) in [5.74, 6) is 1.29. The van der Waals surface area contributed by atoms with Gasteiger partial charge in [-0.15, -0.1) is 0 Å². The predicted octanol–water partition coefficient (Wildman–Crippen LogP) is 3.32. The Labute approximate surface area is 134 Å². The van der Waals surface area contributed by atoms with E-state index in [4.69, 9.17) is 9.15 Å². The number of amides is 1. The Kier molecular flexibility index (Phi) is 5.00. The van der Waals surface area contributed by atoms with Gasteiger partial charge in [0.25, 0.3) is 5.91 Å². The Balaban J connectivity index is 1.68. The first-order valence-corrected chi connectivity index (χ1v) is 8.42. The maximum absolute atomic E-state index is 12.0. The van der Waals surface area contributed by atoms with Crippen LogP contribution in [0, 0.1) is 0 Å². The van der Waals surface area contributed by atoms with Gasteiger partial charge >= 0.3 is 0 Å². The molecule has 0 spiro atoms. The van der Waals surface area contributed by atoms with Gasteiger partial charge in [-0.3, -0.25) is 9.79 Å². The van der Waals surface area contributed by atoms with Crippen LogP contribution in [0.15, 0.2) is 26.4 Å². The zero-order valence-electron chi connectivity index (χ0n) is 12.6. The van der Waals surface area contributed by atoms with Crippen molar-refractivity contribution in [2.45, 2.75) is 44.8 Å². The molecule has 0 bridgehead atoms. The molecule has 2 heterocycles. The Morgan fingerprint density at radius 2 is 2.23 bits per heavy atom. The molecule has 1 saturated heterocycles. The Bertz CT molecular complexity index is 600. The fraction of sp³-hybridized carbons (Fsp3) is 0.500. The van der Waals surface area contributed by atoms with E-state index in [1.54, 1.807) is 13.2 Å². The number of amidine groups is 1. The second kappa shape index (κ2) is 7.15. The van der Waals surface area contributed by atoms with Crippen LogP contribution < -0.4 is 5.32 Å². The minimum Gasteiger partial charge on any atom is -0.459 e. The predicted molar refractivity (Wildman–Crippen MR) is 87.4 cm³/mol. The summed E-state index contributed by atoms with van der Waals surface area (Å²) in [6, 6.07) is 4.04. The number of carbonyl (C=O) groups excluding carboxylic acids is 1. The molecule has 3 rings (SSSR count). The number of methoxy groups -OCH3 is 1. The molecule has 0 atom stereocenters. The number of rotatable bonds is 4. The van der Waals surface area contributed by atoms with E-state index < -0.39 is 0 Å². The molecule has 2 aliphatic rings. The second-order valence-corrected chi connectivity index (χ2v) is 6.56. The van der Waals surface area contributed by atoms with Crippen LogP contribution in [0.5, 0.6) is 0 Å². The summed E-state index contributed by atoms with van der Waals surface area (Å²) < 4.78 is 10.6. The molecule has 2 fully saturated rings. The maximum atomic E-state index is 12.0. The van der Waals surface area contributed by atoms with Crippen molar-refractivity contribution < 1.29 is 13.9 Å². The molecule has 0 aromatic carbocycles. The van der Waals surface area contributed by atoms with Gasteiger partial charge in [0.1, 0.15) is 18.1 Å². The van der Waals surface area contributed by atoms with Crippen LogP contribution in [-0.2, 0) is 16.1 Å². The van der Waals surface area contributed by atoms with Gasteiger partial charge < -0.3 is 14.5 Å². The monoisotopic (exact) mass is 320 g/mol. The van der Waals surface area contributed by atoms with Gasteiger partial charge in [-0.1, -0.05) is 19.3 Å². The normalized spacial score (nSPS) is 23.4. The largest absolute Gasteiger partial charge is 0.459 e. The highest BCUT2D eigenvalue weighted by Gasteiger charge is 2.25. The van der Waals surface area contributed by atoms with Crippen LogP contribution >= 0.6 is 11.8 Å². The molecule has 1 N–H and O–H groups in total. The molecule has 118 valence electrons. The molecular formula is C16H20N2O3S. The zero-order valence-corrected chi connectivity index (χ0v) is 13.4. The topological polar surface area (TPSA) is 63.8 Å². The summed E-state index contributed by atoms with van der Waals surface area (Å²) in [5, 5.41) is 3.56. The second-order valence-electron chi connectivity index (χ2n) is 5.53. The van der Waals surface area contributed by atoms with Gasteiger partial charge in [0, 0.05) is 13.2 Å². The van der Waals surface area contributed by atoms with E-state index in [0.717, 1.165) is 18.6 Å². The van der Waals surface area contributed by atoms with Crippen molar-refractivity contribution in [1.82, 2.24) is 5.32 Å². The molecule has 22 heavy (non-hydrogen) atoms. The number of hydrogen-bond acceptors (Lipinski definition) is 5. The van der Waals surface area contributed by atoms with Crippen LogP contribution in [0.2, 0.25) is 0 Å². The summed E-state index contributed by atoms with van der Waals surface area (Å²) in [5.41, 5.74) is 0. The lowest BCUT2D eigenvalue weighted by molar-refractivity contribution is -0.115. The van der Waals surface area contributed by atoms with Gasteiger partial charge in [0.2, 0.25) is 0 Å². The summed E-state index contributed by atoms with van der Waals surface area (Å²) >= 11 is 1.39. The third kappa shape index (κ3) is 3.81. The van der Waals surface area contributed by atoms with Crippen molar-refractivity contribution in [3.05, 3.63) is 28.6 Å². The van der Waals surface area contributed by atoms with Crippen LogP contribution in [0.25, 0.3) is 6.08 Å². The molecule has 1 aromatic heterocycles. The van der Waals surface area contributed by atoms with E-state index in [-0.39, 0.29) is 5.91 Å². The van der Waals surface area contributed by atoms with Gasteiger partial charge in [-0.2, -0.15) is 0 Å². The molecule has 1 amide bonds. The van der Waals surface area contributed by atoms with Crippen LogP contribution in [0.1, 0.15) is 43.6 Å². The quantitative estimate of drug-likeness (QED) is 0.864. The average molecular weight is 320 g/mol. The lowest BCUT2D eigenvalue weighted by atomic mass is 9.96. The molecular weight excluding hydrogens is 300 g/mol. The van der Waals surface area contributed by atoms with Gasteiger partial charge in [0.15, 0.2) is 5.17 Å². The van der Waals surface area contributed by atoms with Crippen molar-refractivity contribution in [3.63, 3.8) is 0 Å². The van der Waals surface area contributed by atoms with E-state index in [1.807, 2.05) is 12.1 Å². The van der Waals surface area contributed by atoms with Crippen molar-refractivity contribution in [1.29, 1.82) is 0 Å². The highest BCUT2D eigenvalue weighted by molar-refractivity contribution is 8.18. The fourth-order valence-corrected chi connectivity index (χ4v) is 3.56. The Morgan fingerprint density at radius 1 is 1.41 bits per heavy atom. The van der Waals surface area contributed by atoms with Crippen LogP contribution in [0.4, 0.5) is 0 Å². The van der Waals surface area contributed by atoms with Crippen LogP contribution in [0.3, 0.4) is 0 Å². The maximum Gasteiger partial charge on any atom is 0.264 e.